The molecule has 2 rings (SSSR count). The van der Waals surface area contributed by atoms with E-state index in [1.165, 1.54) is 0 Å². The number of ether oxygens (including phenoxy) is 1. The zero-order valence-electron chi connectivity index (χ0n) is 16.3. The van der Waals surface area contributed by atoms with Crippen LogP contribution in [0.2, 0.25) is 0 Å². The first-order chi connectivity index (χ1) is 12.4. The highest BCUT2D eigenvalue weighted by atomic mass is 16.5. The summed E-state index contributed by atoms with van der Waals surface area (Å²) in [6.07, 6.45) is 3.17. The van der Waals surface area contributed by atoms with E-state index in [0.29, 0.717) is 38.5 Å². The summed E-state index contributed by atoms with van der Waals surface area (Å²) < 4.78 is 5.66. The molecular weight excluding hydrogens is 328 g/mol. The van der Waals surface area contributed by atoms with Gasteiger partial charge >= 0.3 is 0 Å². The molecule has 0 aromatic heterocycles. The van der Waals surface area contributed by atoms with Gasteiger partial charge in [-0.2, -0.15) is 0 Å². The molecule has 0 heterocycles. The van der Waals surface area contributed by atoms with Crippen LogP contribution in [0.3, 0.4) is 0 Å². The van der Waals surface area contributed by atoms with Gasteiger partial charge in [-0.25, -0.2) is 0 Å². The van der Waals surface area contributed by atoms with Gasteiger partial charge in [-0.3, -0.25) is 4.79 Å². The lowest BCUT2D eigenvalue weighted by Crippen LogP contribution is -2.56. The molecule has 0 unspecified atom stereocenters. The Hall–Kier alpha value is -1.59. The molecule has 1 amide bonds. The first-order valence-electron chi connectivity index (χ1n) is 9.80. The van der Waals surface area contributed by atoms with Crippen LogP contribution in [0, 0.1) is 17.8 Å². The summed E-state index contributed by atoms with van der Waals surface area (Å²) >= 11 is 0. The lowest BCUT2D eigenvalue weighted by molar-refractivity contribution is -0.155. The van der Waals surface area contributed by atoms with Gasteiger partial charge in [0.15, 0.2) is 0 Å². The van der Waals surface area contributed by atoms with Crippen LogP contribution in [-0.2, 0) is 11.2 Å². The van der Waals surface area contributed by atoms with Crippen LogP contribution >= 0.6 is 0 Å². The van der Waals surface area contributed by atoms with Crippen molar-refractivity contribution in [3.8, 4) is 5.75 Å². The zero-order chi connectivity index (χ0) is 19.2. The Kier molecular flexibility index (Phi) is 7.47. The van der Waals surface area contributed by atoms with Crippen LogP contribution in [0.25, 0.3) is 0 Å². The Morgan fingerprint density at radius 1 is 1.38 bits per heavy atom. The van der Waals surface area contributed by atoms with E-state index in [2.05, 4.69) is 26.1 Å². The molecule has 0 saturated heterocycles. The molecule has 4 N–H and O–H groups in total. The second kappa shape index (κ2) is 9.38. The standard InChI is InChI=1S/C21H34N2O3/c1-15(2)18-9-8-16(3)14-21(18,25)20(24)23-12-10-17-6-4-5-7-19(17)26-13-11-22/h4-7,15-16,18,25H,8-14,22H2,1-3H3,(H,23,24)/t16-,18+,21+/m1/s1. The van der Waals surface area contributed by atoms with Gasteiger partial charge in [0.05, 0.1) is 0 Å². The highest BCUT2D eigenvalue weighted by Gasteiger charge is 2.48. The number of amides is 1. The number of carbonyl (C=O) groups is 1. The number of benzene rings is 1. The van der Waals surface area contributed by atoms with Crippen molar-refractivity contribution in [2.75, 3.05) is 19.7 Å². The lowest BCUT2D eigenvalue weighted by Gasteiger charge is -2.43. The average Bonchev–Trinajstić information content (AvgIpc) is 2.60. The van der Waals surface area contributed by atoms with Crippen molar-refractivity contribution in [3.63, 3.8) is 0 Å². The highest BCUT2D eigenvalue weighted by molar-refractivity contribution is 5.85. The summed E-state index contributed by atoms with van der Waals surface area (Å²) in [5.74, 6) is 1.23. The Morgan fingerprint density at radius 2 is 2.12 bits per heavy atom. The van der Waals surface area contributed by atoms with E-state index < -0.39 is 5.60 Å². The maximum absolute atomic E-state index is 12.8. The molecule has 1 aliphatic carbocycles. The first kappa shape index (κ1) is 20.7. The monoisotopic (exact) mass is 362 g/mol. The number of aliphatic hydroxyl groups is 1. The summed E-state index contributed by atoms with van der Waals surface area (Å²) in [6.45, 7) is 7.70. The second-order valence-corrected chi connectivity index (χ2v) is 7.91. The van der Waals surface area contributed by atoms with Gasteiger partial charge in [-0.05, 0) is 48.6 Å². The number of hydrogen-bond acceptors (Lipinski definition) is 4. The quantitative estimate of drug-likeness (QED) is 0.663. The second-order valence-electron chi connectivity index (χ2n) is 7.91. The maximum atomic E-state index is 12.8. The summed E-state index contributed by atoms with van der Waals surface area (Å²) in [5.41, 5.74) is 5.27. The van der Waals surface area contributed by atoms with E-state index in [-0.39, 0.29) is 17.7 Å². The molecule has 1 aliphatic rings. The molecule has 1 aromatic carbocycles. The van der Waals surface area contributed by atoms with Crippen molar-refractivity contribution in [1.29, 1.82) is 0 Å². The molecule has 5 nitrogen and oxygen atoms in total. The van der Waals surface area contributed by atoms with Crippen molar-refractivity contribution in [2.24, 2.45) is 23.5 Å². The molecule has 26 heavy (non-hydrogen) atoms. The predicted octanol–water partition coefficient (Wildman–Crippen LogP) is 2.51. The molecule has 1 aromatic rings. The van der Waals surface area contributed by atoms with Gasteiger partial charge in [-0.15, -0.1) is 0 Å². The topological polar surface area (TPSA) is 84.6 Å². The molecule has 5 heteroatoms. The SMILES string of the molecule is CC(C)[C@@H]1CC[C@@H](C)C[C@@]1(O)C(=O)NCCc1ccccc1OCCN. The van der Waals surface area contributed by atoms with Crippen LogP contribution in [0.1, 0.15) is 45.6 Å². The van der Waals surface area contributed by atoms with Gasteiger partial charge in [0.25, 0.3) is 5.91 Å². The summed E-state index contributed by atoms with van der Waals surface area (Å²) in [4.78, 5) is 12.8. The number of hydrogen-bond donors (Lipinski definition) is 3. The van der Waals surface area contributed by atoms with Gasteiger partial charge < -0.3 is 20.9 Å². The minimum Gasteiger partial charge on any atom is -0.492 e. The normalized spacial score (nSPS) is 25.9. The van der Waals surface area contributed by atoms with Crippen molar-refractivity contribution in [2.45, 2.75) is 52.1 Å². The fourth-order valence-electron chi connectivity index (χ4n) is 4.12. The summed E-state index contributed by atoms with van der Waals surface area (Å²) in [7, 11) is 0. The molecule has 1 saturated carbocycles. The van der Waals surface area contributed by atoms with Gasteiger partial charge in [-0.1, -0.05) is 45.4 Å². The number of para-hydroxylation sites is 1. The third-order valence-corrected chi connectivity index (χ3v) is 5.47. The first-order valence-corrected chi connectivity index (χ1v) is 9.80. The van der Waals surface area contributed by atoms with E-state index >= 15 is 0 Å². The molecule has 0 aliphatic heterocycles. The van der Waals surface area contributed by atoms with Crippen LogP contribution < -0.4 is 15.8 Å². The van der Waals surface area contributed by atoms with Crippen LogP contribution in [-0.4, -0.2) is 36.3 Å². The van der Waals surface area contributed by atoms with Gasteiger partial charge in [0, 0.05) is 13.1 Å². The summed E-state index contributed by atoms with van der Waals surface area (Å²) in [6, 6.07) is 7.79. The zero-order valence-corrected chi connectivity index (χ0v) is 16.3. The molecular formula is C21H34N2O3. The third kappa shape index (κ3) is 4.98. The molecule has 3 atom stereocenters. The number of nitrogens with two attached hydrogens (primary N) is 1. The van der Waals surface area contributed by atoms with Crippen LogP contribution in [0.5, 0.6) is 5.75 Å². The van der Waals surface area contributed by atoms with Crippen LogP contribution in [0.15, 0.2) is 24.3 Å². The smallest absolute Gasteiger partial charge is 0.252 e. The minimum absolute atomic E-state index is 0.0128. The van der Waals surface area contributed by atoms with E-state index in [1.807, 2.05) is 24.3 Å². The van der Waals surface area contributed by atoms with Crippen LogP contribution in [0.4, 0.5) is 0 Å². The Labute approximate surface area is 157 Å². The largest absolute Gasteiger partial charge is 0.492 e. The van der Waals surface area contributed by atoms with Gasteiger partial charge in [0.1, 0.15) is 18.0 Å². The van der Waals surface area contributed by atoms with Crippen molar-refractivity contribution < 1.29 is 14.6 Å². The van der Waals surface area contributed by atoms with E-state index in [1.54, 1.807) is 0 Å². The van der Waals surface area contributed by atoms with Gasteiger partial charge in [0.2, 0.25) is 0 Å². The fourth-order valence-corrected chi connectivity index (χ4v) is 4.12. The fraction of sp³-hybridized carbons (Fsp3) is 0.667. The number of rotatable bonds is 8. The number of carbonyl (C=O) groups excluding carboxylic acids is 1. The Bertz CT molecular complexity index is 590. The molecule has 0 radical (unpaired) electrons. The molecule has 0 spiro atoms. The highest BCUT2D eigenvalue weighted by Crippen LogP contribution is 2.41. The Morgan fingerprint density at radius 3 is 2.81 bits per heavy atom. The predicted molar refractivity (Wildman–Crippen MR) is 104 cm³/mol. The molecule has 0 bridgehead atoms. The van der Waals surface area contributed by atoms with Crippen molar-refractivity contribution >= 4 is 5.91 Å². The van der Waals surface area contributed by atoms with E-state index in [4.69, 9.17) is 10.5 Å². The average molecular weight is 363 g/mol. The minimum atomic E-state index is -1.26. The Balaban J connectivity index is 1.97. The number of nitrogens with one attached hydrogen (secondary N) is 1. The molecule has 146 valence electrons. The summed E-state index contributed by atoms with van der Waals surface area (Å²) in [5, 5.41) is 14.1. The van der Waals surface area contributed by atoms with Crippen molar-refractivity contribution in [3.05, 3.63) is 29.8 Å². The maximum Gasteiger partial charge on any atom is 0.252 e. The van der Waals surface area contributed by atoms with E-state index in [0.717, 1.165) is 24.2 Å². The molecule has 1 fully saturated rings. The van der Waals surface area contributed by atoms with Crippen molar-refractivity contribution in [1.82, 2.24) is 5.32 Å². The lowest BCUT2D eigenvalue weighted by atomic mass is 9.66. The van der Waals surface area contributed by atoms with E-state index in [9.17, 15) is 9.90 Å². The third-order valence-electron chi connectivity index (χ3n) is 5.47.